The highest BCUT2D eigenvalue weighted by Gasteiger charge is 2.10. The van der Waals surface area contributed by atoms with E-state index in [0.29, 0.717) is 5.69 Å². The quantitative estimate of drug-likeness (QED) is 0.601. The van der Waals surface area contributed by atoms with Gasteiger partial charge in [-0.15, -0.1) is 5.11 Å². The Labute approximate surface area is 143 Å². The number of aryl methyl sites for hydroxylation is 2. The lowest BCUT2D eigenvalue weighted by Gasteiger charge is -2.13. The third-order valence-corrected chi connectivity index (χ3v) is 4.81. The molecule has 0 heterocycles. The molecule has 0 radical (unpaired) electrons. The van der Waals surface area contributed by atoms with E-state index in [4.69, 9.17) is 11.6 Å². The lowest BCUT2D eigenvalue weighted by Crippen LogP contribution is -1.95. The lowest BCUT2D eigenvalue weighted by molar-refractivity contribution is 0.533. The van der Waals surface area contributed by atoms with Crippen LogP contribution in [0, 0.1) is 13.8 Å². The molecule has 0 saturated heterocycles. The van der Waals surface area contributed by atoms with Crippen molar-refractivity contribution >= 4 is 45.1 Å². The Morgan fingerprint density at radius 2 is 1.52 bits per heavy atom. The second kappa shape index (κ2) is 7.41. The van der Waals surface area contributed by atoms with Crippen LogP contribution in [-0.4, -0.2) is 17.5 Å². The van der Waals surface area contributed by atoms with E-state index in [2.05, 4.69) is 10.2 Å². The van der Waals surface area contributed by atoms with Gasteiger partial charge in [-0.25, -0.2) is 0 Å². The van der Waals surface area contributed by atoms with E-state index in [9.17, 15) is 17.5 Å². The molecular weight excluding hydrogens is 360 g/mol. The molecule has 6 nitrogen and oxygen atoms in total. The average molecular weight is 371 g/mol. The van der Waals surface area contributed by atoms with E-state index in [0.717, 1.165) is 23.3 Å². The topological polar surface area (TPSA) is 105 Å². The summed E-state index contributed by atoms with van der Waals surface area (Å²) in [6, 6.07) is 7.66. The molecule has 0 spiro atoms. The van der Waals surface area contributed by atoms with Crippen molar-refractivity contribution in [1.82, 2.24) is 0 Å². The Kier molecular flexibility index (Phi) is 5.77. The highest BCUT2D eigenvalue weighted by molar-refractivity contribution is 7.79. The van der Waals surface area contributed by atoms with E-state index in [1.807, 2.05) is 26.0 Å². The molecule has 0 aromatic heterocycles. The zero-order chi connectivity index (χ0) is 17.1. The summed E-state index contributed by atoms with van der Waals surface area (Å²) in [4.78, 5) is -0.464. The van der Waals surface area contributed by atoms with Crippen LogP contribution in [0.1, 0.15) is 11.1 Å². The number of azo groups is 1. The number of hydrogen-bond donors (Lipinski definition) is 0. The predicted molar refractivity (Wildman–Crippen MR) is 85.9 cm³/mol. The zero-order valence-electron chi connectivity index (χ0n) is 12.1. The van der Waals surface area contributed by atoms with Gasteiger partial charge in [-0.3, -0.25) is 8.42 Å². The molecule has 2 aromatic rings. The number of benzene rings is 2. The van der Waals surface area contributed by atoms with Gasteiger partial charge < -0.3 is 9.11 Å². The molecule has 2 rings (SSSR count). The van der Waals surface area contributed by atoms with Crippen molar-refractivity contribution in [1.29, 1.82) is 0 Å². The molecule has 0 aliphatic heterocycles. The van der Waals surface area contributed by atoms with Gasteiger partial charge in [0.25, 0.3) is 0 Å². The van der Waals surface area contributed by atoms with Gasteiger partial charge in [-0.1, -0.05) is 23.7 Å². The first-order valence-corrected chi connectivity index (χ1v) is 8.83. The molecular formula is C14H11ClN2O4S2-2. The minimum absolute atomic E-state index is 0.0946. The van der Waals surface area contributed by atoms with Gasteiger partial charge >= 0.3 is 0 Å². The summed E-state index contributed by atoms with van der Waals surface area (Å²) in [6.45, 7) is 3.72. The summed E-state index contributed by atoms with van der Waals surface area (Å²) < 4.78 is 44.8. The molecule has 0 bridgehead atoms. The summed E-state index contributed by atoms with van der Waals surface area (Å²) >= 11 is 0.523. The molecule has 9 heteroatoms. The van der Waals surface area contributed by atoms with Crippen LogP contribution in [0.3, 0.4) is 0 Å². The van der Waals surface area contributed by atoms with E-state index in [-0.39, 0.29) is 20.5 Å². The second-order valence-corrected chi connectivity index (χ2v) is 6.94. The van der Waals surface area contributed by atoms with Gasteiger partial charge in [0.1, 0.15) is 5.69 Å². The Morgan fingerprint density at radius 1 is 0.913 bits per heavy atom. The van der Waals surface area contributed by atoms with Crippen molar-refractivity contribution in [2.45, 2.75) is 23.6 Å². The molecule has 122 valence electrons. The highest BCUT2D eigenvalue weighted by Crippen LogP contribution is 2.32. The van der Waals surface area contributed by atoms with Crippen LogP contribution in [0.25, 0.3) is 0 Å². The summed E-state index contributed by atoms with van der Waals surface area (Å²) in [7, 11) is 0. The fourth-order valence-corrected chi connectivity index (χ4v) is 3.13. The fraction of sp³-hybridized carbons (Fsp3) is 0.143. The minimum atomic E-state index is -2.63. The summed E-state index contributed by atoms with van der Waals surface area (Å²) in [5, 5.41) is 7.71. The summed E-state index contributed by atoms with van der Waals surface area (Å²) in [6.07, 6.45) is 0. The molecule has 2 atom stereocenters. The maximum Gasteiger partial charge on any atom is 0.102 e. The predicted octanol–water partition coefficient (Wildman–Crippen LogP) is 3.85. The van der Waals surface area contributed by atoms with Gasteiger partial charge in [0.15, 0.2) is 0 Å². The van der Waals surface area contributed by atoms with E-state index >= 15 is 0 Å². The Bertz CT molecular complexity index is 840. The first kappa shape index (κ1) is 17.9. The van der Waals surface area contributed by atoms with Crippen molar-refractivity contribution in [2.24, 2.45) is 10.2 Å². The van der Waals surface area contributed by atoms with E-state index < -0.39 is 22.2 Å². The fourth-order valence-electron chi connectivity index (χ4n) is 1.80. The van der Waals surface area contributed by atoms with Gasteiger partial charge in [0.2, 0.25) is 0 Å². The average Bonchev–Trinajstić information content (AvgIpc) is 2.48. The van der Waals surface area contributed by atoms with Crippen LogP contribution in [0.15, 0.2) is 50.4 Å². The minimum Gasteiger partial charge on any atom is -0.768 e. The molecule has 2 aromatic carbocycles. The summed E-state index contributed by atoms with van der Waals surface area (Å²) in [5.74, 6) is 0. The van der Waals surface area contributed by atoms with Crippen LogP contribution in [0.4, 0.5) is 11.4 Å². The Morgan fingerprint density at radius 3 is 2.13 bits per heavy atom. The Hall–Kier alpha value is -1.45. The SMILES string of the molecule is Cc1ccc(C)c(N=Nc2cc(S(=O)[O-])c(Cl)cc2S(=O)[O-])c1. The molecule has 0 fully saturated rings. The maximum absolute atomic E-state index is 11.3. The molecule has 2 unspecified atom stereocenters. The van der Waals surface area contributed by atoms with Crippen LogP contribution in [0.5, 0.6) is 0 Å². The number of hydrogen-bond acceptors (Lipinski definition) is 6. The highest BCUT2D eigenvalue weighted by atomic mass is 35.5. The summed E-state index contributed by atoms with van der Waals surface area (Å²) in [5.41, 5.74) is 2.29. The zero-order valence-corrected chi connectivity index (χ0v) is 14.5. The smallest absolute Gasteiger partial charge is 0.102 e. The van der Waals surface area contributed by atoms with Crippen molar-refractivity contribution in [3.05, 3.63) is 46.5 Å². The van der Waals surface area contributed by atoms with Crippen molar-refractivity contribution < 1.29 is 17.5 Å². The van der Waals surface area contributed by atoms with Crippen LogP contribution < -0.4 is 0 Å². The maximum atomic E-state index is 11.3. The number of rotatable bonds is 4. The van der Waals surface area contributed by atoms with Crippen molar-refractivity contribution in [3.63, 3.8) is 0 Å². The Balaban J connectivity index is 2.55. The number of halogens is 1. The van der Waals surface area contributed by atoms with Crippen molar-refractivity contribution in [3.8, 4) is 0 Å². The third kappa shape index (κ3) is 4.30. The van der Waals surface area contributed by atoms with Gasteiger partial charge in [-0.2, -0.15) is 5.11 Å². The van der Waals surface area contributed by atoms with Crippen molar-refractivity contribution in [2.75, 3.05) is 0 Å². The lowest BCUT2D eigenvalue weighted by atomic mass is 10.1. The molecule has 23 heavy (non-hydrogen) atoms. The normalized spacial score (nSPS) is 14.1. The largest absolute Gasteiger partial charge is 0.768 e. The standard InChI is InChI=1S/C14H13ClN2O4S2/c1-8-3-4-9(2)11(5-8)16-17-12-7-13(22(18)19)10(15)6-14(12)23(20)21/h3-7H,1-2H3,(H,18,19)(H,20,21)/p-2. The van der Waals surface area contributed by atoms with Gasteiger partial charge in [0.05, 0.1) is 15.6 Å². The molecule has 0 N–H and O–H groups in total. The van der Waals surface area contributed by atoms with E-state index in [1.165, 1.54) is 0 Å². The second-order valence-electron chi connectivity index (χ2n) is 4.71. The first-order valence-electron chi connectivity index (χ1n) is 6.30. The monoisotopic (exact) mass is 370 g/mol. The third-order valence-electron chi connectivity index (χ3n) is 3.00. The molecule has 0 aliphatic rings. The van der Waals surface area contributed by atoms with Crippen LogP contribution in [0.2, 0.25) is 5.02 Å². The van der Waals surface area contributed by atoms with Gasteiger partial charge in [0, 0.05) is 4.90 Å². The molecule has 0 amide bonds. The molecule has 0 saturated carbocycles. The van der Waals surface area contributed by atoms with E-state index in [1.54, 1.807) is 6.07 Å². The van der Waals surface area contributed by atoms with Crippen LogP contribution in [-0.2, 0) is 22.2 Å². The molecule has 0 aliphatic carbocycles. The van der Waals surface area contributed by atoms with Crippen LogP contribution >= 0.6 is 11.6 Å². The number of nitrogens with zero attached hydrogens (tertiary/aromatic N) is 2. The van der Waals surface area contributed by atoms with Gasteiger partial charge in [-0.05, 0) is 65.3 Å². The first-order chi connectivity index (χ1) is 10.8.